The second-order valence-corrected chi connectivity index (χ2v) is 4.87. The Morgan fingerprint density at radius 2 is 1.80 bits per heavy atom. The quantitative estimate of drug-likeness (QED) is 0.804. The minimum Gasteiger partial charge on any atom is -0.450 e. The van der Waals surface area contributed by atoms with Gasteiger partial charge in [-0.1, -0.05) is 13.8 Å². The van der Waals surface area contributed by atoms with E-state index in [0.717, 1.165) is 5.69 Å². The summed E-state index contributed by atoms with van der Waals surface area (Å²) in [5, 5.41) is 6.07. The molecular formula is C15H24N2O3. The van der Waals surface area contributed by atoms with Crippen molar-refractivity contribution >= 4 is 17.5 Å². The van der Waals surface area contributed by atoms with Gasteiger partial charge < -0.3 is 14.8 Å². The molecule has 1 aromatic carbocycles. The third kappa shape index (κ3) is 5.48. The monoisotopic (exact) mass is 280 g/mol. The van der Waals surface area contributed by atoms with Crippen LogP contribution in [0.25, 0.3) is 0 Å². The second kappa shape index (κ2) is 8.43. The summed E-state index contributed by atoms with van der Waals surface area (Å²) in [7, 11) is 1.70. The lowest BCUT2D eigenvalue weighted by atomic mass is 10.1. The summed E-state index contributed by atoms with van der Waals surface area (Å²) >= 11 is 0. The summed E-state index contributed by atoms with van der Waals surface area (Å²) in [6, 6.07) is 7.77. The smallest absolute Gasteiger partial charge is 0.411 e. The fraction of sp³-hybridized carbons (Fsp3) is 0.533. The van der Waals surface area contributed by atoms with E-state index in [4.69, 9.17) is 9.47 Å². The highest BCUT2D eigenvalue weighted by Crippen LogP contribution is 2.17. The molecule has 1 rings (SSSR count). The van der Waals surface area contributed by atoms with E-state index >= 15 is 0 Å². The molecule has 5 nitrogen and oxygen atoms in total. The molecule has 1 aromatic rings. The number of ether oxygens (including phenoxy) is 2. The summed E-state index contributed by atoms with van der Waals surface area (Å²) in [6.45, 7) is 7.08. The lowest BCUT2D eigenvalue weighted by Gasteiger charge is -2.22. The zero-order valence-corrected chi connectivity index (χ0v) is 12.6. The van der Waals surface area contributed by atoms with Crippen LogP contribution in [-0.2, 0) is 9.47 Å². The van der Waals surface area contributed by atoms with Gasteiger partial charge in [-0.05, 0) is 37.1 Å². The van der Waals surface area contributed by atoms with Gasteiger partial charge in [0.1, 0.15) is 0 Å². The van der Waals surface area contributed by atoms with Crippen LogP contribution >= 0.6 is 0 Å². The number of benzene rings is 1. The minimum absolute atomic E-state index is 0.254. The van der Waals surface area contributed by atoms with Crippen molar-refractivity contribution in [2.24, 2.45) is 5.92 Å². The Morgan fingerprint density at radius 3 is 2.30 bits per heavy atom. The van der Waals surface area contributed by atoms with Crippen LogP contribution in [0.1, 0.15) is 20.8 Å². The standard InChI is InChI=1S/C15H24N2O3/c1-5-20-15(18)17-13-8-6-12(7-9-13)16-14(10-19-4)11(2)3/h6-9,11,14,16H,5,10H2,1-4H3,(H,17,18). The van der Waals surface area contributed by atoms with Crippen LogP contribution in [0.5, 0.6) is 0 Å². The Balaban J connectivity index is 2.59. The Kier molecular flexibility index (Phi) is 6.87. The molecule has 20 heavy (non-hydrogen) atoms. The first-order valence-corrected chi connectivity index (χ1v) is 6.86. The summed E-state index contributed by atoms with van der Waals surface area (Å²) in [5.41, 5.74) is 1.71. The average molecular weight is 280 g/mol. The molecule has 0 fully saturated rings. The van der Waals surface area contributed by atoms with E-state index in [1.165, 1.54) is 0 Å². The SMILES string of the molecule is CCOC(=O)Nc1ccc(NC(COC)C(C)C)cc1. The molecule has 0 aliphatic heterocycles. The molecule has 0 aromatic heterocycles. The van der Waals surface area contributed by atoms with Crippen LogP contribution in [-0.4, -0.2) is 32.5 Å². The van der Waals surface area contributed by atoms with Gasteiger partial charge in [-0.25, -0.2) is 4.79 Å². The Morgan fingerprint density at radius 1 is 1.20 bits per heavy atom. The van der Waals surface area contributed by atoms with Crippen LogP contribution in [0.2, 0.25) is 0 Å². The van der Waals surface area contributed by atoms with Gasteiger partial charge in [0, 0.05) is 18.5 Å². The van der Waals surface area contributed by atoms with Gasteiger partial charge in [-0.15, -0.1) is 0 Å². The van der Waals surface area contributed by atoms with Crippen LogP contribution < -0.4 is 10.6 Å². The van der Waals surface area contributed by atoms with Gasteiger partial charge in [0.05, 0.1) is 19.3 Å². The molecule has 0 aliphatic rings. The van der Waals surface area contributed by atoms with Crippen molar-refractivity contribution in [1.82, 2.24) is 0 Å². The van der Waals surface area contributed by atoms with Gasteiger partial charge in [0.2, 0.25) is 0 Å². The maximum Gasteiger partial charge on any atom is 0.411 e. The third-order valence-corrected chi connectivity index (χ3v) is 2.91. The van der Waals surface area contributed by atoms with Crippen molar-refractivity contribution in [3.63, 3.8) is 0 Å². The maximum atomic E-state index is 11.3. The minimum atomic E-state index is -0.437. The van der Waals surface area contributed by atoms with Crippen molar-refractivity contribution in [1.29, 1.82) is 0 Å². The summed E-state index contributed by atoms with van der Waals surface area (Å²) in [4.78, 5) is 11.3. The molecule has 0 heterocycles. The molecule has 5 heteroatoms. The largest absolute Gasteiger partial charge is 0.450 e. The molecule has 0 bridgehead atoms. The molecule has 0 spiro atoms. The lowest BCUT2D eigenvalue weighted by molar-refractivity contribution is 0.168. The molecule has 1 amide bonds. The van der Waals surface area contributed by atoms with Crippen molar-refractivity contribution < 1.29 is 14.3 Å². The zero-order chi connectivity index (χ0) is 15.0. The van der Waals surface area contributed by atoms with Crippen LogP contribution in [0, 0.1) is 5.92 Å². The Hall–Kier alpha value is -1.75. The van der Waals surface area contributed by atoms with Gasteiger partial charge in [-0.2, -0.15) is 0 Å². The fourth-order valence-corrected chi connectivity index (χ4v) is 1.73. The van der Waals surface area contributed by atoms with E-state index in [2.05, 4.69) is 24.5 Å². The Labute approximate surface area is 120 Å². The third-order valence-electron chi connectivity index (χ3n) is 2.91. The first-order valence-electron chi connectivity index (χ1n) is 6.86. The van der Waals surface area contributed by atoms with Crippen molar-refractivity contribution in [3.8, 4) is 0 Å². The second-order valence-electron chi connectivity index (χ2n) is 4.87. The lowest BCUT2D eigenvalue weighted by Crippen LogP contribution is -2.30. The van der Waals surface area contributed by atoms with Crippen molar-refractivity contribution in [3.05, 3.63) is 24.3 Å². The number of carbonyl (C=O) groups excluding carboxylic acids is 1. The highest BCUT2D eigenvalue weighted by Gasteiger charge is 2.12. The first-order chi connectivity index (χ1) is 9.56. The van der Waals surface area contributed by atoms with E-state index in [0.29, 0.717) is 24.8 Å². The predicted molar refractivity (Wildman–Crippen MR) is 81.2 cm³/mol. The summed E-state index contributed by atoms with van der Waals surface area (Å²) < 4.78 is 10.0. The van der Waals surface area contributed by atoms with Gasteiger partial charge in [0.25, 0.3) is 0 Å². The van der Waals surface area contributed by atoms with Crippen molar-refractivity contribution in [2.45, 2.75) is 26.8 Å². The maximum absolute atomic E-state index is 11.3. The fourth-order valence-electron chi connectivity index (χ4n) is 1.73. The topological polar surface area (TPSA) is 59.6 Å². The van der Waals surface area contributed by atoms with Gasteiger partial charge in [-0.3, -0.25) is 5.32 Å². The molecular weight excluding hydrogens is 256 g/mol. The normalized spacial score (nSPS) is 12.1. The number of nitrogens with one attached hydrogen (secondary N) is 2. The average Bonchev–Trinajstić information content (AvgIpc) is 2.40. The Bertz CT molecular complexity index is 404. The molecule has 0 radical (unpaired) electrons. The predicted octanol–water partition coefficient (Wildman–Crippen LogP) is 3.34. The number of methoxy groups -OCH3 is 1. The van der Waals surface area contributed by atoms with E-state index in [-0.39, 0.29) is 6.04 Å². The number of amides is 1. The van der Waals surface area contributed by atoms with Crippen LogP contribution in [0.3, 0.4) is 0 Å². The number of hydrogen-bond donors (Lipinski definition) is 2. The zero-order valence-electron chi connectivity index (χ0n) is 12.6. The molecule has 1 unspecified atom stereocenters. The van der Waals surface area contributed by atoms with E-state index in [1.54, 1.807) is 14.0 Å². The molecule has 0 saturated carbocycles. The molecule has 1 atom stereocenters. The first kappa shape index (κ1) is 16.3. The molecule has 2 N–H and O–H groups in total. The highest BCUT2D eigenvalue weighted by molar-refractivity contribution is 5.84. The highest BCUT2D eigenvalue weighted by atomic mass is 16.5. The van der Waals surface area contributed by atoms with E-state index < -0.39 is 6.09 Å². The van der Waals surface area contributed by atoms with Crippen molar-refractivity contribution in [2.75, 3.05) is 31.0 Å². The van der Waals surface area contributed by atoms with Crippen LogP contribution in [0.15, 0.2) is 24.3 Å². The number of rotatable bonds is 7. The number of hydrogen-bond acceptors (Lipinski definition) is 4. The van der Waals surface area contributed by atoms with Gasteiger partial charge in [0.15, 0.2) is 0 Å². The van der Waals surface area contributed by atoms with Crippen LogP contribution in [0.4, 0.5) is 16.2 Å². The van der Waals surface area contributed by atoms with E-state index in [9.17, 15) is 4.79 Å². The van der Waals surface area contributed by atoms with E-state index in [1.807, 2.05) is 24.3 Å². The summed E-state index contributed by atoms with van der Waals surface area (Å²) in [6.07, 6.45) is -0.437. The van der Waals surface area contributed by atoms with Gasteiger partial charge >= 0.3 is 6.09 Å². The number of carbonyl (C=O) groups is 1. The molecule has 112 valence electrons. The number of anilines is 2. The summed E-state index contributed by atoms with van der Waals surface area (Å²) in [5.74, 6) is 0.465. The molecule has 0 aliphatic carbocycles. The molecule has 0 saturated heterocycles.